The third-order valence-electron chi connectivity index (χ3n) is 4.62. The Bertz CT molecular complexity index is 792. The van der Waals surface area contributed by atoms with Gasteiger partial charge in [0.15, 0.2) is 23.0 Å². The van der Waals surface area contributed by atoms with Crippen molar-refractivity contribution in [3.63, 3.8) is 0 Å². The highest BCUT2D eigenvalue weighted by Gasteiger charge is 2.25. The Balaban J connectivity index is 2.36. The van der Waals surface area contributed by atoms with E-state index in [0.29, 0.717) is 35.2 Å². The van der Waals surface area contributed by atoms with E-state index in [0.717, 1.165) is 11.1 Å². The lowest BCUT2D eigenvalue weighted by atomic mass is 10.0. The van der Waals surface area contributed by atoms with E-state index in [2.05, 4.69) is 6.58 Å². The summed E-state index contributed by atoms with van der Waals surface area (Å²) in [5.41, 5.74) is 1.93. The fourth-order valence-electron chi connectivity index (χ4n) is 3.21. The molecule has 0 bridgehead atoms. The van der Waals surface area contributed by atoms with Crippen LogP contribution >= 0.6 is 0 Å². The molecule has 0 aliphatic carbocycles. The van der Waals surface area contributed by atoms with Crippen LogP contribution in [-0.2, 0) is 11.2 Å². The number of hydrogen-bond donors (Lipinski definition) is 0. The molecule has 0 heterocycles. The molecule has 0 spiro atoms. The molecule has 0 aliphatic rings. The van der Waals surface area contributed by atoms with E-state index in [1.807, 2.05) is 43.3 Å². The van der Waals surface area contributed by atoms with Crippen molar-refractivity contribution in [2.45, 2.75) is 25.6 Å². The van der Waals surface area contributed by atoms with Crippen LogP contribution in [0.15, 0.2) is 43.0 Å². The summed E-state index contributed by atoms with van der Waals surface area (Å²) in [7, 11) is 8.05. The molecule has 2 aromatic carbocycles. The van der Waals surface area contributed by atoms with Gasteiger partial charge in [-0.3, -0.25) is 0 Å². The second-order valence-corrected chi connectivity index (χ2v) is 6.42. The number of ether oxygens (including phenoxy) is 6. The Morgan fingerprint density at radius 3 is 1.90 bits per heavy atom. The van der Waals surface area contributed by atoms with Crippen LogP contribution in [0.3, 0.4) is 0 Å². The summed E-state index contributed by atoms with van der Waals surface area (Å²) in [6.45, 7) is 5.72. The quantitative estimate of drug-likeness (QED) is 0.512. The molecule has 2 aromatic rings. The van der Waals surface area contributed by atoms with Gasteiger partial charge < -0.3 is 28.4 Å². The van der Waals surface area contributed by atoms with Crippen molar-refractivity contribution in [2.75, 3.05) is 35.5 Å². The van der Waals surface area contributed by atoms with E-state index >= 15 is 0 Å². The molecular weight excluding hydrogens is 372 g/mol. The van der Waals surface area contributed by atoms with E-state index in [1.165, 1.54) is 0 Å². The molecular formula is C23H30O6. The van der Waals surface area contributed by atoms with Gasteiger partial charge in [-0.2, -0.15) is 0 Å². The van der Waals surface area contributed by atoms with E-state index in [-0.39, 0.29) is 12.2 Å². The van der Waals surface area contributed by atoms with Crippen LogP contribution in [0.1, 0.15) is 24.2 Å². The van der Waals surface area contributed by atoms with Gasteiger partial charge in [0.05, 0.1) is 28.4 Å². The van der Waals surface area contributed by atoms with E-state index in [4.69, 9.17) is 28.4 Å². The standard InChI is InChI=1S/C23H30O6/c1-8-9-16-12-20(26-5)23(21(13-16)27-6)29-15(2)22(28-7)17-10-11-18(24-3)19(14-17)25-4/h8,10-15,22H,1,9H2,2-7H3/t15-,22-/m0/s1. The van der Waals surface area contributed by atoms with Gasteiger partial charge in [-0.25, -0.2) is 0 Å². The molecule has 0 amide bonds. The van der Waals surface area contributed by atoms with Crippen LogP contribution < -0.4 is 23.7 Å². The highest BCUT2D eigenvalue weighted by atomic mass is 16.6. The van der Waals surface area contributed by atoms with E-state index < -0.39 is 0 Å². The highest BCUT2D eigenvalue weighted by Crippen LogP contribution is 2.41. The third kappa shape index (κ3) is 5.15. The van der Waals surface area contributed by atoms with Crippen molar-refractivity contribution in [1.82, 2.24) is 0 Å². The van der Waals surface area contributed by atoms with Gasteiger partial charge in [0.1, 0.15) is 12.2 Å². The first-order valence-electron chi connectivity index (χ1n) is 9.30. The summed E-state index contributed by atoms with van der Waals surface area (Å²) >= 11 is 0. The van der Waals surface area contributed by atoms with E-state index in [1.54, 1.807) is 35.5 Å². The molecule has 0 aliphatic heterocycles. The predicted molar refractivity (Wildman–Crippen MR) is 113 cm³/mol. The molecule has 0 radical (unpaired) electrons. The van der Waals surface area contributed by atoms with Gasteiger partial charge in [0.25, 0.3) is 0 Å². The molecule has 0 fully saturated rings. The summed E-state index contributed by atoms with van der Waals surface area (Å²) in [5.74, 6) is 2.99. The van der Waals surface area contributed by atoms with Gasteiger partial charge in [-0.15, -0.1) is 6.58 Å². The Kier molecular flexibility index (Phi) is 8.21. The first-order valence-corrected chi connectivity index (χ1v) is 9.30. The van der Waals surface area contributed by atoms with Crippen LogP contribution in [0, 0.1) is 0 Å². The van der Waals surface area contributed by atoms with Crippen LogP contribution in [0.4, 0.5) is 0 Å². The summed E-state index contributed by atoms with van der Waals surface area (Å²) < 4.78 is 33.8. The first kappa shape index (κ1) is 22.4. The second kappa shape index (κ2) is 10.6. The van der Waals surface area contributed by atoms with Gasteiger partial charge in [-0.05, 0) is 48.7 Å². The number of benzene rings is 2. The second-order valence-electron chi connectivity index (χ2n) is 6.42. The normalized spacial score (nSPS) is 12.6. The average Bonchev–Trinajstić information content (AvgIpc) is 2.74. The average molecular weight is 402 g/mol. The van der Waals surface area contributed by atoms with Gasteiger partial charge in [0.2, 0.25) is 5.75 Å². The smallest absolute Gasteiger partial charge is 0.203 e. The molecule has 158 valence electrons. The molecule has 0 unspecified atom stereocenters. The fraction of sp³-hybridized carbons (Fsp3) is 0.391. The minimum atomic E-state index is -0.350. The van der Waals surface area contributed by atoms with Gasteiger partial charge in [-0.1, -0.05) is 12.1 Å². The molecule has 29 heavy (non-hydrogen) atoms. The van der Waals surface area contributed by atoms with Crippen molar-refractivity contribution in [3.05, 3.63) is 54.1 Å². The van der Waals surface area contributed by atoms with Gasteiger partial charge in [0, 0.05) is 7.11 Å². The van der Waals surface area contributed by atoms with Crippen LogP contribution in [0.5, 0.6) is 28.7 Å². The zero-order valence-electron chi connectivity index (χ0n) is 18.0. The maximum absolute atomic E-state index is 6.26. The molecule has 0 aromatic heterocycles. The molecule has 2 atom stereocenters. The zero-order valence-corrected chi connectivity index (χ0v) is 18.0. The fourth-order valence-corrected chi connectivity index (χ4v) is 3.21. The molecule has 2 rings (SSSR count). The Morgan fingerprint density at radius 1 is 0.828 bits per heavy atom. The summed E-state index contributed by atoms with van der Waals surface area (Å²) in [6.07, 6.45) is 1.84. The molecule has 0 N–H and O–H groups in total. The van der Waals surface area contributed by atoms with Crippen LogP contribution in [-0.4, -0.2) is 41.7 Å². The van der Waals surface area contributed by atoms with Crippen LogP contribution in [0.25, 0.3) is 0 Å². The number of methoxy groups -OCH3 is 5. The Labute approximate surface area is 172 Å². The largest absolute Gasteiger partial charge is 0.493 e. The van der Waals surface area contributed by atoms with Gasteiger partial charge >= 0.3 is 0 Å². The monoisotopic (exact) mass is 402 g/mol. The summed E-state index contributed by atoms with van der Waals surface area (Å²) in [4.78, 5) is 0. The minimum absolute atomic E-state index is 0.342. The number of allylic oxidation sites excluding steroid dienone is 1. The highest BCUT2D eigenvalue weighted by molar-refractivity contribution is 5.54. The van der Waals surface area contributed by atoms with Crippen molar-refractivity contribution in [3.8, 4) is 28.7 Å². The Morgan fingerprint density at radius 2 is 1.41 bits per heavy atom. The molecule has 0 saturated heterocycles. The molecule has 6 nitrogen and oxygen atoms in total. The van der Waals surface area contributed by atoms with Crippen molar-refractivity contribution >= 4 is 0 Å². The van der Waals surface area contributed by atoms with Crippen molar-refractivity contribution in [2.24, 2.45) is 0 Å². The topological polar surface area (TPSA) is 55.4 Å². The lowest BCUT2D eigenvalue weighted by molar-refractivity contribution is 0.00727. The predicted octanol–water partition coefficient (Wildman–Crippen LogP) is 4.60. The number of hydrogen-bond acceptors (Lipinski definition) is 6. The molecule has 0 saturated carbocycles. The van der Waals surface area contributed by atoms with E-state index in [9.17, 15) is 0 Å². The lowest BCUT2D eigenvalue weighted by Gasteiger charge is -2.26. The summed E-state index contributed by atoms with van der Waals surface area (Å²) in [5, 5.41) is 0. The minimum Gasteiger partial charge on any atom is -0.493 e. The maximum atomic E-state index is 6.26. The van der Waals surface area contributed by atoms with Crippen molar-refractivity contribution < 1.29 is 28.4 Å². The zero-order chi connectivity index (χ0) is 21.4. The third-order valence-corrected chi connectivity index (χ3v) is 4.62. The lowest BCUT2D eigenvalue weighted by Crippen LogP contribution is -2.24. The SMILES string of the molecule is C=CCc1cc(OC)c(O[C@@H](C)[C@H](OC)c2ccc(OC)c(OC)c2)c(OC)c1. The number of rotatable bonds is 11. The summed E-state index contributed by atoms with van der Waals surface area (Å²) in [6, 6.07) is 9.50. The van der Waals surface area contributed by atoms with Crippen LogP contribution in [0.2, 0.25) is 0 Å². The Hall–Kier alpha value is -2.86. The first-order chi connectivity index (χ1) is 14.0. The van der Waals surface area contributed by atoms with Crippen molar-refractivity contribution in [1.29, 1.82) is 0 Å². The maximum Gasteiger partial charge on any atom is 0.203 e. The molecule has 6 heteroatoms.